The van der Waals surface area contributed by atoms with Crippen LogP contribution in [0.2, 0.25) is 0 Å². The molecule has 6 nitrogen and oxygen atoms in total. The lowest BCUT2D eigenvalue weighted by Crippen LogP contribution is -2.15. The number of carboxylic acid groups (broad SMARTS) is 3. The fraction of sp³-hybridized carbons (Fsp3) is 0. The molecule has 0 unspecified atom stereocenters. The van der Waals surface area contributed by atoms with Gasteiger partial charge in [-0.2, -0.15) is 0 Å². The van der Waals surface area contributed by atoms with E-state index in [-0.39, 0.29) is 5.39 Å². The van der Waals surface area contributed by atoms with E-state index in [1.165, 1.54) is 6.07 Å². The lowest BCUT2D eigenvalue weighted by atomic mass is 9.87. The summed E-state index contributed by atoms with van der Waals surface area (Å²) in [4.78, 5) is 36.5. The predicted octanol–water partition coefficient (Wildman–Crippen LogP) is 7.70. The first-order valence-corrected chi connectivity index (χ1v) is 12.2. The van der Waals surface area contributed by atoms with Crippen LogP contribution >= 0.6 is 0 Å². The zero-order valence-corrected chi connectivity index (χ0v) is 20.2. The molecule has 0 spiro atoms. The Morgan fingerprint density at radius 1 is 0.385 bits per heavy atom. The summed E-state index contributed by atoms with van der Waals surface area (Å²) in [7, 11) is 0. The molecule has 0 bridgehead atoms. The molecule has 0 aliphatic rings. The molecular formula is C33H18O6. The Kier molecular flexibility index (Phi) is 4.66. The van der Waals surface area contributed by atoms with Crippen molar-refractivity contribution in [1.82, 2.24) is 0 Å². The molecule has 0 aliphatic carbocycles. The largest absolute Gasteiger partial charge is 0.478 e. The molecule has 6 heteroatoms. The summed E-state index contributed by atoms with van der Waals surface area (Å²) in [5.41, 5.74) is -1.83. The van der Waals surface area contributed by atoms with E-state index in [0.29, 0.717) is 5.39 Å². The Labute approximate surface area is 219 Å². The Hall–Kier alpha value is -5.49. The van der Waals surface area contributed by atoms with Crippen LogP contribution in [0.5, 0.6) is 0 Å². The Morgan fingerprint density at radius 3 is 1.10 bits per heavy atom. The van der Waals surface area contributed by atoms with Crippen LogP contribution in [0.1, 0.15) is 31.1 Å². The summed E-state index contributed by atoms with van der Waals surface area (Å²) in [5.74, 6) is -4.60. The standard InChI is InChI=1S/C33H18O6/c34-31(35)28-14-20-13-26-24-11-18-7-2-1-5-16(18)9-22(24)23-10-17-6-3-4-8-19(17)12-25(23)27(26)15-21(20)29(32(36)37)30(28)33(38)39/h1-15H,(H,34,35)(H,36,37)(H,38,39). The van der Waals surface area contributed by atoms with E-state index in [4.69, 9.17) is 0 Å². The van der Waals surface area contributed by atoms with Crippen molar-refractivity contribution in [2.45, 2.75) is 0 Å². The summed E-state index contributed by atoms with van der Waals surface area (Å²) in [6, 6.07) is 29.2. The molecule has 0 amide bonds. The zero-order chi connectivity index (χ0) is 27.0. The van der Waals surface area contributed by atoms with Gasteiger partial charge in [-0.3, -0.25) is 0 Å². The summed E-state index contributed by atoms with van der Waals surface area (Å²) >= 11 is 0. The molecule has 0 radical (unpaired) electrons. The van der Waals surface area contributed by atoms with Gasteiger partial charge in [-0.15, -0.1) is 0 Å². The fourth-order valence-corrected chi connectivity index (χ4v) is 5.88. The van der Waals surface area contributed by atoms with Crippen LogP contribution in [0.15, 0.2) is 91.0 Å². The van der Waals surface area contributed by atoms with Gasteiger partial charge in [0.05, 0.1) is 16.7 Å². The van der Waals surface area contributed by atoms with Gasteiger partial charge in [-0.05, 0) is 107 Å². The molecule has 0 aliphatic heterocycles. The van der Waals surface area contributed by atoms with Gasteiger partial charge < -0.3 is 15.3 Å². The fourth-order valence-electron chi connectivity index (χ4n) is 5.88. The molecule has 0 aromatic heterocycles. The molecule has 0 atom stereocenters. The molecule has 3 N–H and O–H groups in total. The number of benzene rings is 7. The minimum Gasteiger partial charge on any atom is -0.478 e. The van der Waals surface area contributed by atoms with E-state index in [1.54, 1.807) is 12.1 Å². The Balaban J connectivity index is 1.78. The smallest absolute Gasteiger partial charge is 0.337 e. The van der Waals surface area contributed by atoms with Crippen molar-refractivity contribution in [2.75, 3.05) is 0 Å². The van der Waals surface area contributed by atoms with Crippen LogP contribution in [-0.4, -0.2) is 33.2 Å². The highest BCUT2D eigenvalue weighted by atomic mass is 16.4. The van der Waals surface area contributed by atoms with Gasteiger partial charge in [0, 0.05) is 0 Å². The van der Waals surface area contributed by atoms with Crippen LogP contribution < -0.4 is 0 Å². The number of rotatable bonds is 3. The summed E-state index contributed by atoms with van der Waals surface area (Å²) in [6.07, 6.45) is 0. The number of fused-ring (bicyclic) bond motifs is 9. The van der Waals surface area contributed by atoms with Gasteiger partial charge in [-0.1, -0.05) is 48.5 Å². The van der Waals surface area contributed by atoms with Crippen molar-refractivity contribution in [1.29, 1.82) is 0 Å². The van der Waals surface area contributed by atoms with Gasteiger partial charge in [-0.25, -0.2) is 14.4 Å². The molecular weight excluding hydrogens is 492 g/mol. The maximum absolute atomic E-state index is 12.4. The molecule has 186 valence electrons. The third-order valence-electron chi connectivity index (χ3n) is 7.58. The van der Waals surface area contributed by atoms with Crippen LogP contribution in [0.25, 0.3) is 64.6 Å². The third-order valence-corrected chi connectivity index (χ3v) is 7.58. The van der Waals surface area contributed by atoms with Crippen molar-refractivity contribution in [3.8, 4) is 0 Å². The summed E-state index contributed by atoms with van der Waals surface area (Å²) in [6.45, 7) is 0. The van der Waals surface area contributed by atoms with Gasteiger partial charge in [0.1, 0.15) is 0 Å². The zero-order valence-electron chi connectivity index (χ0n) is 20.2. The second-order valence-electron chi connectivity index (χ2n) is 9.70. The van der Waals surface area contributed by atoms with E-state index in [9.17, 15) is 29.7 Å². The highest BCUT2D eigenvalue weighted by Gasteiger charge is 2.27. The van der Waals surface area contributed by atoms with E-state index in [2.05, 4.69) is 30.3 Å². The van der Waals surface area contributed by atoms with E-state index >= 15 is 0 Å². The summed E-state index contributed by atoms with van der Waals surface area (Å²) < 4.78 is 0. The maximum Gasteiger partial charge on any atom is 0.337 e. The second-order valence-corrected chi connectivity index (χ2v) is 9.70. The van der Waals surface area contributed by atoms with E-state index in [0.717, 1.165) is 53.9 Å². The van der Waals surface area contributed by atoms with E-state index < -0.39 is 34.6 Å². The highest BCUT2D eigenvalue weighted by molar-refractivity contribution is 6.31. The lowest BCUT2D eigenvalue weighted by molar-refractivity contribution is 0.0634. The quantitative estimate of drug-likeness (QED) is 0.166. The molecule has 0 fully saturated rings. The van der Waals surface area contributed by atoms with Gasteiger partial charge in [0.2, 0.25) is 0 Å². The molecule has 0 heterocycles. The number of carboxylic acids is 3. The van der Waals surface area contributed by atoms with Crippen LogP contribution in [0.3, 0.4) is 0 Å². The first-order valence-electron chi connectivity index (χ1n) is 12.2. The summed E-state index contributed by atoms with van der Waals surface area (Å²) in [5, 5.41) is 39.8. The van der Waals surface area contributed by atoms with Crippen molar-refractivity contribution in [2.24, 2.45) is 0 Å². The number of aromatic carboxylic acids is 3. The molecule has 7 rings (SSSR count). The van der Waals surface area contributed by atoms with Crippen molar-refractivity contribution < 1.29 is 29.7 Å². The number of hydrogen-bond donors (Lipinski definition) is 3. The third kappa shape index (κ3) is 3.25. The Bertz CT molecular complexity index is 2260. The average Bonchev–Trinajstić information content (AvgIpc) is 2.93. The molecule has 7 aromatic rings. The Morgan fingerprint density at radius 2 is 0.744 bits per heavy atom. The van der Waals surface area contributed by atoms with Crippen molar-refractivity contribution in [3.63, 3.8) is 0 Å². The minimum atomic E-state index is -1.60. The van der Waals surface area contributed by atoms with Crippen molar-refractivity contribution >= 4 is 82.5 Å². The first-order chi connectivity index (χ1) is 18.8. The highest BCUT2D eigenvalue weighted by Crippen LogP contribution is 2.41. The van der Waals surface area contributed by atoms with Crippen LogP contribution in [0, 0.1) is 0 Å². The van der Waals surface area contributed by atoms with Gasteiger partial charge >= 0.3 is 17.9 Å². The van der Waals surface area contributed by atoms with Gasteiger partial charge in [0.25, 0.3) is 0 Å². The van der Waals surface area contributed by atoms with Crippen LogP contribution in [-0.2, 0) is 0 Å². The SMILES string of the molecule is O=C(O)c1cc2cc3c4cc5ccccc5cc4c4cc5ccccc5cc4c3cc2c(C(=O)O)c1C(=O)O. The van der Waals surface area contributed by atoms with Gasteiger partial charge in [0.15, 0.2) is 0 Å². The maximum atomic E-state index is 12.4. The first kappa shape index (κ1) is 22.7. The van der Waals surface area contributed by atoms with E-state index in [1.807, 2.05) is 42.5 Å². The number of carbonyl (C=O) groups is 3. The molecule has 0 saturated heterocycles. The predicted molar refractivity (Wildman–Crippen MR) is 152 cm³/mol. The van der Waals surface area contributed by atoms with Crippen LogP contribution in [0.4, 0.5) is 0 Å². The monoisotopic (exact) mass is 510 g/mol. The molecule has 7 aromatic carbocycles. The average molecular weight is 511 g/mol. The topological polar surface area (TPSA) is 112 Å². The second kappa shape index (κ2) is 8.00. The number of hydrogen-bond acceptors (Lipinski definition) is 3. The normalized spacial score (nSPS) is 11.7. The minimum absolute atomic E-state index is 0.173. The molecule has 0 saturated carbocycles. The molecule has 39 heavy (non-hydrogen) atoms. The lowest BCUT2D eigenvalue weighted by Gasteiger charge is -2.16. The van der Waals surface area contributed by atoms with Crippen molar-refractivity contribution in [3.05, 3.63) is 108 Å².